The Labute approximate surface area is 125 Å². The lowest BCUT2D eigenvalue weighted by atomic mass is 10.1. The first-order chi connectivity index (χ1) is 9.59. The first kappa shape index (κ1) is 13.5. The molecule has 1 aliphatic heterocycles. The number of carbonyl (C=O) groups is 2. The van der Waals surface area contributed by atoms with Crippen LogP contribution in [0.15, 0.2) is 22.8 Å². The number of carbonyl (C=O) groups excluding carboxylic acids is 2. The smallest absolute Gasteiger partial charge is 0.242 e. The lowest BCUT2D eigenvalue weighted by Gasteiger charge is -2.33. The molecular formula is C14H16BrN3O2. The van der Waals surface area contributed by atoms with Crippen LogP contribution in [0.5, 0.6) is 0 Å². The Morgan fingerprint density at radius 1 is 1.55 bits per heavy atom. The summed E-state index contributed by atoms with van der Waals surface area (Å²) in [5.74, 6) is 0.153. The van der Waals surface area contributed by atoms with Crippen molar-refractivity contribution in [3.05, 3.63) is 28.5 Å². The van der Waals surface area contributed by atoms with Crippen molar-refractivity contribution < 1.29 is 9.59 Å². The quantitative estimate of drug-likeness (QED) is 0.884. The Morgan fingerprint density at radius 2 is 2.35 bits per heavy atom. The predicted octanol–water partition coefficient (Wildman–Crippen LogP) is 1.29. The number of amides is 2. The van der Waals surface area contributed by atoms with Gasteiger partial charge in [-0.25, -0.2) is 0 Å². The van der Waals surface area contributed by atoms with Crippen molar-refractivity contribution in [2.75, 3.05) is 13.1 Å². The second-order valence-electron chi connectivity index (χ2n) is 5.32. The summed E-state index contributed by atoms with van der Waals surface area (Å²) < 4.78 is 0.949. The molecule has 0 bridgehead atoms. The Balaban J connectivity index is 1.71. The largest absolute Gasteiger partial charge is 0.353 e. The molecule has 2 amide bonds. The van der Waals surface area contributed by atoms with E-state index in [0.29, 0.717) is 13.1 Å². The van der Waals surface area contributed by atoms with E-state index in [9.17, 15) is 9.59 Å². The van der Waals surface area contributed by atoms with E-state index in [4.69, 9.17) is 0 Å². The van der Waals surface area contributed by atoms with Gasteiger partial charge in [-0.15, -0.1) is 0 Å². The van der Waals surface area contributed by atoms with Crippen molar-refractivity contribution in [2.24, 2.45) is 5.92 Å². The van der Waals surface area contributed by atoms with Gasteiger partial charge in [-0.2, -0.15) is 0 Å². The van der Waals surface area contributed by atoms with Gasteiger partial charge in [-0.1, -0.05) is 0 Å². The zero-order valence-corrected chi connectivity index (χ0v) is 12.8. The minimum absolute atomic E-state index is 0.0328. The molecule has 20 heavy (non-hydrogen) atoms. The van der Waals surface area contributed by atoms with Gasteiger partial charge < -0.3 is 10.2 Å². The van der Waals surface area contributed by atoms with Crippen molar-refractivity contribution >= 4 is 27.7 Å². The zero-order chi connectivity index (χ0) is 14.3. The maximum Gasteiger partial charge on any atom is 0.242 e. The minimum Gasteiger partial charge on any atom is -0.353 e. The number of nitrogens with zero attached hydrogens (tertiary/aromatic N) is 2. The molecule has 1 aliphatic carbocycles. The number of hydrogen-bond acceptors (Lipinski definition) is 3. The molecule has 2 heterocycles. The number of rotatable bonds is 2. The van der Waals surface area contributed by atoms with Crippen LogP contribution in [0, 0.1) is 5.92 Å². The van der Waals surface area contributed by atoms with Gasteiger partial charge in [0.15, 0.2) is 0 Å². The number of nitrogens with one attached hydrogen (secondary N) is 1. The Morgan fingerprint density at radius 3 is 3.10 bits per heavy atom. The van der Waals surface area contributed by atoms with E-state index in [-0.39, 0.29) is 29.7 Å². The standard InChI is InChI=1S/C14H16BrN3O2/c1-8-13(19)17-5-6-18(8)14(20)10-7-9(10)12-11(15)3-2-4-16-12/h2-4,8-10H,5-7H2,1H3,(H,17,19)/t8?,9-,10-/m1/s1. The number of pyridine rings is 1. The number of hydrogen-bond donors (Lipinski definition) is 1. The van der Waals surface area contributed by atoms with Crippen molar-refractivity contribution in [3.8, 4) is 0 Å². The van der Waals surface area contributed by atoms with E-state index in [1.165, 1.54) is 0 Å². The van der Waals surface area contributed by atoms with Crippen LogP contribution >= 0.6 is 15.9 Å². The lowest BCUT2D eigenvalue weighted by molar-refractivity contribution is -0.143. The Kier molecular flexibility index (Phi) is 3.50. The molecule has 106 valence electrons. The van der Waals surface area contributed by atoms with E-state index >= 15 is 0 Å². The number of halogens is 1. The highest BCUT2D eigenvalue weighted by atomic mass is 79.9. The molecule has 3 atom stereocenters. The van der Waals surface area contributed by atoms with Crippen LogP contribution in [-0.2, 0) is 9.59 Å². The van der Waals surface area contributed by atoms with Crippen LogP contribution in [0.25, 0.3) is 0 Å². The second-order valence-corrected chi connectivity index (χ2v) is 6.17. The third-order valence-corrected chi connectivity index (χ3v) is 4.70. The average Bonchev–Trinajstić information content (AvgIpc) is 3.22. The molecular weight excluding hydrogens is 322 g/mol. The summed E-state index contributed by atoms with van der Waals surface area (Å²) in [6.07, 6.45) is 2.57. The highest BCUT2D eigenvalue weighted by Crippen LogP contribution is 2.49. The summed E-state index contributed by atoms with van der Waals surface area (Å²) in [6, 6.07) is 3.44. The van der Waals surface area contributed by atoms with Gasteiger partial charge >= 0.3 is 0 Å². The molecule has 2 fully saturated rings. The van der Waals surface area contributed by atoms with Crippen LogP contribution in [0.4, 0.5) is 0 Å². The fourth-order valence-electron chi connectivity index (χ4n) is 2.74. The number of piperazine rings is 1. The maximum atomic E-state index is 12.5. The molecule has 1 saturated carbocycles. The van der Waals surface area contributed by atoms with Crippen LogP contribution < -0.4 is 5.32 Å². The molecule has 1 unspecified atom stereocenters. The van der Waals surface area contributed by atoms with Gasteiger partial charge in [0.2, 0.25) is 11.8 Å². The minimum atomic E-state index is -0.371. The monoisotopic (exact) mass is 337 g/mol. The SMILES string of the molecule is CC1C(=O)NCCN1C(=O)[C@@H]1C[C@H]1c1ncccc1Br. The van der Waals surface area contributed by atoms with Crippen molar-refractivity contribution in [3.63, 3.8) is 0 Å². The molecule has 0 aromatic carbocycles. The molecule has 1 saturated heterocycles. The van der Waals surface area contributed by atoms with Gasteiger partial charge in [0.1, 0.15) is 6.04 Å². The lowest BCUT2D eigenvalue weighted by Crippen LogP contribution is -2.56. The summed E-state index contributed by atoms with van der Waals surface area (Å²) in [6.45, 7) is 2.92. The van der Waals surface area contributed by atoms with Gasteiger partial charge in [-0.3, -0.25) is 14.6 Å². The highest BCUT2D eigenvalue weighted by Gasteiger charge is 2.49. The van der Waals surface area contributed by atoms with Gasteiger partial charge in [0.05, 0.1) is 5.69 Å². The molecule has 0 radical (unpaired) electrons. The summed E-state index contributed by atoms with van der Waals surface area (Å²) in [7, 11) is 0. The fourth-order valence-corrected chi connectivity index (χ4v) is 3.29. The molecule has 0 spiro atoms. The van der Waals surface area contributed by atoms with E-state index in [1.807, 2.05) is 12.1 Å². The average molecular weight is 338 g/mol. The third-order valence-electron chi connectivity index (χ3n) is 4.03. The van der Waals surface area contributed by atoms with Gasteiger partial charge in [-0.05, 0) is 41.4 Å². The zero-order valence-electron chi connectivity index (χ0n) is 11.2. The van der Waals surface area contributed by atoms with Gasteiger partial charge in [0, 0.05) is 35.6 Å². The normalized spacial score (nSPS) is 29.0. The highest BCUT2D eigenvalue weighted by molar-refractivity contribution is 9.10. The second kappa shape index (κ2) is 5.16. The topological polar surface area (TPSA) is 62.3 Å². The first-order valence-electron chi connectivity index (χ1n) is 6.78. The number of aromatic nitrogens is 1. The Bertz CT molecular complexity index is 563. The van der Waals surface area contributed by atoms with Crippen LogP contribution in [0.3, 0.4) is 0 Å². The van der Waals surface area contributed by atoms with Gasteiger partial charge in [0.25, 0.3) is 0 Å². The van der Waals surface area contributed by atoms with E-state index in [0.717, 1.165) is 16.6 Å². The molecule has 2 aliphatic rings. The van der Waals surface area contributed by atoms with Crippen LogP contribution in [-0.4, -0.2) is 40.8 Å². The molecule has 1 aromatic rings. The van der Waals surface area contributed by atoms with E-state index < -0.39 is 0 Å². The molecule has 5 nitrogen and oxygen atoms in total. The van der Waals surface area contributed by atoms with Crippen LogP contribution in [0.1, 0.15) is 25.0 Å². The third kappa shape index (κ3) is 2.32. The summed E-state index contributed by atoms with van der Waals surface area (Å²) in [4.78, 5) is 30.2. The predicted molar refractivity (Wildman–Crippen MR) is 77.0 cm³/mol. The van der Waals surface area contributed by atoms with Crippen LogP contribution in [0.2, 0.25) is 0 Å². The molecule has 1 aromatic heterocycles. The maximum absolute atomic E-state index is 12.5. The molecule has 6 heteroatoms. The van der Waals surface area contributed by atoms with E-state index in [1.54, 1.807) is 18.0 Å². The molecule has 1 N–H and O–H groups in total. The summed E-state index contributed by atoms with van der Waals surface area (Å²) in [5, 5.41) is 2.78. The van der Waals surface area contributed by atoms with E-state index in [2.05, 4.69) is 26.2 Å². The van der Waals surface area contributed by atoms with Crippen molar-refractivity contribution in [2.45, 2.75) is 25.3 Å². The van der Waals surface area contributed by atoms with Crippen molar-refractivity contribution in [1.29, 1.82) is 0 Å². The van der Waals surface area contributed by atoms with Crippen molar-refractivity contribution in [1.82, 2.24) is 15.2 Å². The first-order valence-corrected chi connectivity index (χ1v) is 7.57. The summed E-state index contributed by atoms with van der Waals surface area (Å²) in [5.41, 5.74) is 0.944. The fraction of sp³-hybridized carbons (Fsp3) is 0.500. The molecule has 3 rings (SSSR count). The Hall–Kier alpha value is -1.43. The summed E-state index contributed by atoms with van der Waals surface area (Å²) >= 11 is 3.48.